The molecule has 1 fully saturated rings. The number of hydrogen-bond acceptors (Lipinski definition) is 4. The number of carbonyl (C=O) groups excluding carboxylic acids is 2. The monoisotopic (exact) mass is 326 g/mol. The summed E-state index contributed by atoms with van der Waals surface area (Å²) in [5.74, 6) is 0.907. The highest BCUT2D eigenvalue weighted by atomic mass is 35.5. The van der Waals surface area contributed by atoms with Crippen LogP contribution in [0.4, 0.5) is 0 Å². The summed E-state index contributed by atoms with van der Waals surface area (Å²) < 4.78 is 5.57. The predicted octanol–water partition coefficient (Wildman–Crippen LogP) is 2.03. The van der Waals surface area contributed by atoms with E-state index < -0.39 is 0 Å². The Bertz CT molecular complexity index is 505. The Hall–Kier alpha value is -1.59. The number of likely N-dealkylation sites (tertiary alicyclic amines) is 1. The molecule has 6 heteroatoms. The topological polar surface area (TPSA) is 72.6 Å². The molecule has 1 saturated heterocycles. The summed E-state index contributed by atoms with van der Waals surface area (Å²) in [7, 11) is 0. The van der Waals surface area contributed by atoms with Gasteiger partial charge in [0.05, 0.1) is 6.61 Å². The van der Waals surface area contributed by atoms with Gasteiger partial charge in [-0.2, -0.15) is 0 Å². The van der Waals surface area contributed by atoms with Crippen LogP contribution in [0.25, 0.3) is 0 Å². The smallest absolute Gasteiger partial charge is 0.222 e. The highest BCUT2D eigenvalue weighted by Gasteiger charge is 2.22. The predicted molar refractivity (Wildman–Crippen MR) is 87.6 cm³/mol. The Morgan fingerprint density at radius 3 is 2.55 bits per heavy atom. The number of nitrogens with zero attached hydrogens (tertiary/aromatic N) is 1. The first-order chi connectivity index (χ1) is 10.1. The van der Waals surface area contributed by atoms with Crippen molar-refractivity contribution in [3.8, 4) is 5.75 Å². The number of halogens is 1. The van der Waals surface area contributed by atoms with Crippen LogP contribution < -0.4 is 10.5 Å². The van der Waals surface area contributed by atoms with Crippen molar-refractivity contribution in [2.45, 2.75) is 32.2 Å². The maximum absolute atomic E-state index is 11.9. The van der Waals surface area contributed by atoms with Crippen LogP contribution in [0.5, 0.6) is 5.75 Å². The molecule has 0 aromatic heterocycles. The van der Waals surface area contributed by atoms with Gasteiger partial charge in [0.1, 0.15) is 5.75 Å². The van der Waals surface area contributed by atoms with E-state index in [0.717, 1.165) is 18.7 Å². The van der Waals surface area contributed by atoms with Crippen molar-refractivity contribution in [3.63, 3.8) is 0 Å². The largest absolute Gasteiger partial charge is 0.494 e. The van der Waals surface area contributed by atoms with Crippen LogP contribution in [-0.4, -0.2) is 42.3 Å². The quantitative estimate of drug-likeness (QED) is 0.641. The van der Waals surface area contributed by atoms with Crippen LogP contribution in [0, 0.1) is 0 Å². The molecule has 2 rings (SSSR count). The van der Waals surface area contributed by atoms with Crippen molar-refractivity contribution in [2.24, 2.45) is 5.73 Å². The number of rotatable bonds is 6. The van der Waals surface area contributed by atoms with Crippen molar-refractivity contribution in [2.75, 3.05) is 19.7 Å². The fraction of sp³-hybridized carbons (Fsp3) is 0.500. The molecule has 1 aliphatic rings. The van der Waals surface area contributed by atoms with Crippen molar-refractivity contribution >= 4 is 24.1 Å². The lowest BCUT2D eigenvalue weighted by atomic mass is 10.1. The zero-order valence-electron chi connectivity index (χ0n) is 12.8. The van der Waals surface area contributed by atoms with E-state index in [1.807, 2.05) is 4.90 Å². The SMILES string of the molecule is CC(=O)c1ccc(OCCCC(=O)N2CC[C@@H](N)C2)cc1.Cl. The molecule has 1 aliphatic heterocycles. The molecule has 5 nitrogen and oxygen atoms in total. The van der Waals surface area contributed by atoms with Crippen molar-refractivity contribution in [1.82, 2.24) is 4.90 Å². The number of nitrogens with two attached hydrogens (primary N) is 1. The van der Waals surface area contributed by atoms with Gasteiger partial charge in [-0.15, -0.1) is 12.4 Å². The van der Waals surface area contributed by atoms with Crippen molar-refractivity contribution in [3.05, 3.63) is 29.8 Å². The lowest BCUT2D eigenvalue weighted by Gasteiger charge is -2.15. The highest BCUT2D eigenvalue weighted by molar-refractivity contribution is 5.94. The van der Waals surface area contributed by atoms with Gasteiger partial charge in [0.2, 0.25) is 5.91 Å². The molecule has 0 radical (unpaired) electrons. The Labute approximate surface area is 137 Å². The van der Waals surface area contributed by atoms with Gasteiger partial charge in [0, 0.05) is 31.1 Å². The summed E-state index contributed by atoms with van der Waals surface area (Å²) in [5, 5.41) is 0. The standard InChI is InChI=1S/C16H22N2O3.ClH/c1-12(19)13-4-6-15(7-5-13)21-10-2-3-16(20)18-9-8-14(17)11-18;/h4-7,14H,2-3,8-11,17H2,1H3;1H/t14-;/m1./s1. The Balaban J connectivity index is 0.00000242. The van der Waals surface area contributed by atoms with Crippen LogP contribution in [0.2, 0.25) is 0 Å². The molecule has 122 valence electrons. The summed E-state index contributed by atoms with van der Waals surface area (Å²) in [6.45, 7) is 3.47. The lowest BCUT2D eigenvalue weighted by molar-refractivity contribution is -0.130. The van der Waals surface area contributed by atoms with E-state index in [1.165, 1.54) is 6.92 Å². The second-order valence-electron chi connectivity index (χ2n) is 5.42. The van der Waals surface area contributed by atoms with E-state index in [1.54, 1.807) is 24.3 Å². The maximum atomic E-state index is 11.9. The summed E-state index contributed by atoms with van der Waals surface area (Å²) in [6.07, 6.45) is 2.06. The van der Waals surface area contributed by atoms with Gasteiger partial charge < -0.3 is 15.4 Å². The minimum absolute atomic E-state index is 0. The number of ether oxygens (including phenoxy) is 1. The average molecular weight is 327 g/mol. The van der Waals surface area contributed by atoms with Crippen LogP contribution >= 0.6 is 12.4 Å². The van der Waals surface area contributed by atoms with Gasteiger partial charge in [-0.3, -0.25) is 9.59 Å². The average Bonchev–Trinajstić information content (AvgIpc) is 2.90. The number of benzene rings is 1. The Kier molecular flexibility index (Phi) is 7.35. The second kappa shape index (κ2) is 8.76. The lowest BCUT2D eigenvalue weighted by Crippen LogP contribution is -2.31. The molecule has 0 bridgehead atoms. The molecule has 22 heavy (non-hydrogen) atoms. The van der Waals surface area contributed by atoms with Gasteiger partial charge in [-0.05, 0) is 44.0 Å². The molecule has 0 unspecified atom stereocenters. The molecule has 1 aromatic rings. The second-order valence-corrected chi connectivity index (χ2v) is 5.42. The fourth-order valence-electron chi connectivity index (χ4n) is 2.37. The molecular weight excluding hydrogens is 304 g/mol. The minimum atomic E-state index is 0. The first kappa shape index (κ1) is 18.5. The molecule has 1 amide bonds. The van der Waals surface area contributed by atoms with Crippen molar-refractivity contribution < 1.29 is 14.3 Å². The number of Topliss-reactive ketones (excluding diaryl/α,β-unsaturated/α-hetero) is 1. The van der Waals surface area contributed by atoms with E-state index in [9.17, 15) is 9.59 Å². The van der Waals surface area contributed by atoms with Gasteiger partial charge in [0.15, 0.2) is 5.78 Å². The molecule has 1 heterocycles. The van der Waals surface area contributed by atoms with E-state index in [2.05, 4.69) is 0 Å². The fourth-order valence-corrected chi connectivity index (χ4v) is 2.37. The van der Waals surface area contributed by atoms with Crippen LogP contribution in [0.3, 0.4) is 0 Å². The van der Waals surface area contributed by atoms with Crippen LogP contribution in [-0.2, 0) is 4.79 Å². The van der Waals surface area contributed by atoms with E-state index in [4.69, 9.17) is 10.5 Å². The van der Waals surface area contributed by atoms with Crippen LogP contribution in [0.15, 0.2) is 24.3 Å². The molecule has 0 aliphatic carbocycles. The molecule has 2 N–H and O–H groups in total. The maximum Gasteiger partial charge on any atom is 0.222 e. The summed E-state index contributed by atoms with van der Waals surface area (Å²) >= 11 is 0. The number of carbonyl (C=O) groups is 2. The summed E-state index contributed by atoms with van der Waals surface area (Å²) in [5.41, 5.74) is 6.45. The number of amides is 1. The molecule has 0 spiro atoms. The molecule has 1 atom stereocenters. The van der Waals surface area contributed by atoms with Crippen molar-refractivity contribution in [1.29, 1.82) is 0 Å². The van der Waals surface area contributed by atoms with Crippen LogP contribution in [0.1, 0.15) is 36.5 Å². The van der Waals surface area contributed by atoms with Gasteiger partial charge in [0.25, 0.3) is 0 Å². The summed E-state index contributed by atoms with van der Waals surface area (Å²) in [4.78, 5) is 24.9. The van der Waals surface area contributed by atoms with E-state index in [-0.39, 0.29) is 30.1 Å². The molecule has 0 saturated carbocycles. The third-order valence-corrected chi connectivity index (χ3v) is 3.64. The third kappa shape index (κ3) is 5.31. The Morgan fingerprint density at radius 1 is 1.32 bits per heavy atom. The molecule has 1 aromatic carbocycles. The number of hydrogen-bond donors (Lipinski definition) is 1. The zero-order valence-corrected chi connectivity index (χ0v) is 13.6. The van der Waals surface area contributed by atoms with E-state index >= 15 is 0 Å². The normalized spacial score (nSPS) is 17.0. The first-order valence-corrected chi connectivity index (χ1v) is 7.33. The Morgan fingerprint density at radius 2 is 2.00 bits per heavy atom. The summed E-state index contributed by atoms with van der Waals surface area (Å²) in [6, 6.07) is 7.17. The van der Waals surface area contributed by atoms with Gasteiger partial charge in [-0.25, -0.2) is 0 Å². The van der Waals surface area contributed by atoms with Gasteiger partial charge in [-0.1, -0.05) is 0 Å². The highest BCUT2D eigenvalue weighted by Crippen LogP contribution is 2.14. The first-order valence-electron chi connectivity index (χ1n) is 7.33. The zero-order chi connectivity index (χ0) is 15.2. The van der Waals surface area contributed by atoms with E-state index in [0.29, 0.717) is 31.6 Å². The molecular formula is C16H23ClN2O3. The third-order valence-electron chi connectivity index (χ3n) is 3.64. The van der Waals surface area contributed by atoms with Gasteiger partial charge >= 0.3 is 0 Å². The number of ketones is 1. The minimum Gasteiger partial charge on any atom is -0.494 e.